The predicted molar refractivity (Wildman–Crippen MR) is 68.9 cm³/mol. The van der Waals surface area contributed by atoms with Gasteiger partial charge in [-0.15, -0.1) is 0 Å². The lowest BCUT2D eigenvalue weighted by molar-refractivity contribution is 0.0585. The number of aryl methyl sites for hydroxylation is 1. The van der Waals surface area contributed by atoms with Gasteiger partial charge in [-0.1, -0.05) is 20.8 Å². The fraction of sp³-hybridized carbons (Fsp3) is 0.500. The van der Waals surface area contributed by atoms with Crippen LogP contribution in [0.4, 0.5) is 8.78 Å². The number of aliphatic hydroxyl groups is 1. The van der Waals surface area contributed by atoms with Gasteiger partial charge in [0.1, 0.15) is 11.6 Å². The van der Waals surface area contributed by atoms with E-state index in [0.29, 0.717) is 0 Å². The first-order valence-corrected chi connectivity index (χ1v) is 6.05. The predicted octanol–water partition coefficient (Wildman–Crippen LogP) is 2.41. The number of halogens is 2. The minimum Gasteiger partial charge on any atom is -0.391 e. The van der Waals surface area contributed by atoms with Crippen LogP contribution in [-0.4, -0.2) is 23.7 Å². The maximum atomic E-state index is 13.5. The van der Waals surface area contributed by atoms with Crippen LogP contribution < -0.4 is 5.32 Å². The number of amides is 1. The number of benzene rings is 1. The van der Waals surface area contributed by atoms with Gasteiger partial charge in [0.25, 0.3) is 5.91 Å². The Kier molecular flexibility index (Phi) is 4.63. The van der Waals surface area contributed by atoms with E-state index in [1.165, 1.54) is 6.92 Å². The number of rotatable bonds is 3. The molecule has 106 valence electrons. The van der Waals surface area contributed by atoms with Gasteiger partial charge in [-0.3, -0.25) is 4.79 Å². The fourth-order valence-electron chi connectivity index (χ4n) is 1.41. The third kappa shape index (κ3) is 3.99. The summed E-state index contributed by atoms with van der Waals surface area (Å²) in [5.74, 6) is -2.15. The second-order valence-corrected chi connectivity index (χ2v) is 5.67. The Morgan fingerprint density at radius 2 is 1.89 bits per heavy atom. The first kappa shape index (κ1) is 15.6. The van der Waals surface area contributed by atoms with Gasteiger partial charge in [0, 0.05) is 6.54 Å². The Bertz CT molecular complexity index is 481. The molecule has 0 saturated heterocycles. The van der Waals surface area contributed by atoms with E-state index in [2.05, 4.69) is 5.32 Å². The number of aliphatic hydroxyl groups excluding tert-OH is 1. The topological polar surface area (TPSA) is 49.3 Å². The van der Waals surface area contributed by atoms with Crippen molar-refractivity contribution < 1.29 is 18.7 Å². The third-order valence-corrected chi connectivity index (χ3v) is 2.95. The van der Waals surface area contributed by atoms with Crippen molar-refractivity contribution in [3.8, 4) is 0 Å². The van der Waals surface area contributed by atoms with Crippen LogP contribution in [0.2, 0.25) is 0 Å². The first-order valence-electron chi connectivity index (χ1n) is 6.05. The molecule has 0 saturated carbocycles. The minimum absolute atomic E-state index is 0.0166. The average Bonchev–Trinajstić information content (AvgIpc) is 2.29. The van der Waals surface area contributed by atoms with E-state index in [1.54, 1.807) is 0 Å². The Hall–Kier alpha value is -1.49. The van der Waals surface area contributed by atoms with E-state index in [0.717, 1.165) is 12.1 Å². The maximum Gasteiger partial charge on any atom is 0.254 e. The quantitative estimate of drug-likeness (QED) is 0.887. The Morgan fingerprint density at radius 1 is 1.32 bits per heavy atom. The van der Waals surface area contributed by atoms with E-state index in [-0.39, 0.29) is 17.7 Å². The molecule has 1 aromatic carbocycles. The summed E-state index contributed by atoms with van der Waals surface area (Å²) in [6.45, 7) is 6.85. The van der Waals surface area contributed by atoms with Crippen LogP contribution in [-0.2, 0) is 0 Å². The van der Waals surface area contributed by atoms with Crippen molar-refractivity contribution >= 4 is 5.91 Å². The summed E-state index contributed by atoms with van der Waals surface area (Å²) < 4.78 is 26.9. The van der Waals surface area contributed by atoms with Gasteiger partial charge in [0.05, 0.1) is 11.7 Å². The van der Waals surface area contributed by atoms with Crippen LogP contribution >= 0.6 is 0 Å². The van der Waals surface area contributed by atoms with Crippen molar-refractivity contribution in [2.45, 2.75) is 33.8 Å². The van der Waals surface area contributed by atoms with Gasteiger partial charge in [-0.2, -0.15) is 0 Å². The molecule has 1 rings (SSSR count). The Balaban J connectivity index is 2.77. The summed E-state index contributed by atoms with van der Waals surface area (Å²) in [4.78, 5) is 11.7. The van der Waals surface area contributed by atoms with Crippen molar-refractivity contribution in [1.82, 2.24) is 5.32 Å². The molecule has 0 aliphatic carbocycles. The molecular formula is C14H19F2NO2. The highest BCUT2D eigenvalue weighted by molar-refractivity contribution is 5.94. The van der Waals surface area contributed by atoms with Crippen LogP contribution in [0.3, 0.4) is 0 Å². The number of nitrogens with one attached hydrogen (secondary N) is 1. The van der Waals surface area contributed by atoms with Gasteiger partial charge in [-0.25, -0.2) is 8.78 Å². The molecule has 0 radical (unpaired) electrons. The highest BCUT2D eigenvalue weighted by Gasteiger charge is 2.23. The third-order valence-electron chi connectivity index (χ3n) is 2.95. The molecule has 0 aliphatic heterocycles. The van der Waals surface area contributed by atoms with Gasteiger partial charge in [0.15, 0.2) is 0 Å². The van der Waals surface area contributed by atoms with Gasteiger partial charge >= 0.3 is 0 Å². The molecule has 3 nitrogen and oxygen atoms in total. The summed E-state index contributed by atoms with van der Waals surface area (Å²) in [5, 5.41) is 12.2. The van der Waals surface area contributed by atoms with Crippen molar-refractivity contribution in [1.29, 1.82) is 0 Å². The molecule has 1 aromatic rings. The lowest BCUT2D eigenvalue weighted by Gasteiger charge is -2.25. The molecule has 5 heteroatoms. The molecule has 0 aromatic heterocycles. The second-order valence-electron chi connectivity index (χ2n) is 5.67. The zero-order chi connectivity index (χ0) is 14.8. The van der Waals surface area contributed by atoms with E-state index in [9.17, 15) is 18.7 Å². The summed E-state index contributed by atoms with van der Waals surface area (Å²) in [6.07, 6.45) is -0.769. The SMILES string of the molecule is Cc1cc(F)c(C(=O)NCC(O)C(C)(C)C)cc1F. The van der Waals surface area contributed by atoms with E-state index < -0.39 is 29.1 Å². The maximum absolute atomic E-state index is 13.5. The average molecular weight is 271 g/mol. The highest BCUT2D eigenvalue weighted by atomic mass is 19.1. The monoisotopic (exact) mass is 271 g/mol. The van der Waals surface area contributed by atoms with Crippen LogP contribution in [0.15, 0.2) is 12.1 Å². The molecule has 1 unspecified atom stereocenters. The smallest absolute Gasteiger partial charge is 0.254 e. The summed E-state index contributed by atoms with van der Waals surface area (Å²) >= 11 is 0. The molecule has 0 heterocycles. The Morgan fingerprint density at radius 3 is 2.42 bits per heavy atom. The lowest BCUT2D eigenvalue weighted by Crippen LogP contribution is -2.39. The molecule has 19 heavy (non-hydrogen) atoms. The van der Waals surface area contributed by atoms with Crippen LogP contribution in [0.5, 0.6) is 0 Å². The van der Waals surface area contributed by atoms with Crippen molar-refractivity contribution in [2.75, 3.05) is 6.54 Å². The summed E-state index contributed by atoms with van der Waals surface area (Å²) in [6, 6.07) is 1.84. The molecule has 2 N–H and O–H groups in total. The fourth-order valence-corrected chi connectivity index (χ4v) is 1.41. The van der Waals surface area contributed by atoms with Crippen molar-refractivity contribution in [3.63, 3.8) is 0 Å². The number of carbonyl (C=O) groups excluding carboxylic acids is 1. The standard InChI is InChI=1S/C14H19F2NO2/c1-8-5-11(16)9(6-10(8)15)13(19)17-7-12(18)14(2,3)4/h5-6,12,18H,7H2,1-4H3,(H,17,19). The normalized spacial score (nSPS) is 13.2. The molecule has 0 aliphatic rings. The number of hydrogen-bond donors (Lipinski definition) is 2. The van der Waals surface area contributed by atoms with Crippen LogP contribution in [0.25, 0.3) is 0 Å². The second kappa shape index (κ2) is 5.65. The minimum atomic E-state index is -0.776. The van der Waals surface area contributed by atoms with Crippen molar-refractivity contribution in [3.05, 3.63) is 34.9 Å². The van der Waals surface area contributed by atoms with Gasteiger partial charge < -0.3 is 10.4 Å². The number of hydrogen-bond acceptors (Lipinski definition) is 2. The zero-order valence-corrected chi connectivity index (χ0v) is 11.6. The van der Waals surface area contributed by atoms with Crippen molar-refractivity contribution in [2.24, 2.45) is 5.41 Å². The largest absolute Gasteiger partial charge is 0.391 e. The van der Waals surface area contributed by atoms with E-state index >= 15 is 0 Å². The van der Waals surface area contributed by atoms with Gasteiger partial charge in [0.2, 0.25) is 0 Å². The lowest BCUT2D eigenvalue weighted by atomic mass is 9.89. The molecule has 0 fully saturated rings. The summed E-state index contributed by atoms with van der Waals surface area (Å²) in [5.41, 5.74) is -0.613. The molecule has 1 amide bonds. The Labute approximate surface area is 111 Å². The van der Waals surface area contributed by atoms with E-state index in [4.69, 9.17) is 0 Å². The zero-order valence-electron chi connectivity index (χ0n) is 11.6. The number of carbonyl (C=O) groups is 1. The first-order chi connectivity index (χ1) is 8.62. The highest BCUT2D eigenvalue weighted by Crippen LogP contribution is 2.18. The molecule has 0 spiro atoms. The van der Waals surface area contributed by atoms with Crippen LogP contribution in [0, 0.1) is 24.0 Å². The molecular weight excluding hydrogens is 252 g/mol. The summed E-state index contributed by atoms with van der Waals surface area (Å²) in [7, 11) is 0. The molecule has 0 bridgehead atoms. The molecule has 1 atom stereocenters. The van der Waals surface area contributed by atoms with Gasteiger partial charge in [-0.05, 0) is 30.0 Å². The van der Waals surface area contributed by atoms with E-state index in [1.807, 2.05) is 20.8 Å². The van der Waals surface area contributed by atoms with Crippen LogP contribution in [0.1, 0.15) is 36.7 Å².